The van der Waals surface area contributed by atoms with Gasteiger partial charge in [-0.1, -0.05) is 12.8 Å². The van der Waals surface area contributed by atoms with Crippen LogP contribution in [0.5, 0.6) is 11.6 Å². The molecule has 0 N–H and O–H groups in total. The zero-order chi connectivity index (χ0) is 14.8. The van der Waals surface area contributed by atoms with Gasteiger partial charge in [0.05, 0.1) is 17.3 Å². The van der Waals surface area contributed by atoms with Crippen molar-refractivity contribution in [3.8, 4) is 11.6 Å². The molecule has 2 aromatic heterocycles. The van der Waals surface area contributed by atoms with Crippen LogP contribution in [0.2, 0.25) is 0 Å². The largest absolute Gasteiger partial charge is 0.475 e. The molecule has 2 aliphatic rings. The van der Waals surface area contributed by atoms with Gasteiger partial charge >= 0.3 is 0 Å². The first-order valence-corrected chi connectivity index (χ1v) is 7.61. The van der Waals surface area contributed by atoms with E-state index in [4.69, 9.17) is 14.5 Å². The van der Waals surface area contributed by atoms with Crippen molar-refractivity contribution < 1.29 is 9.47 Å². The zero-order valence-corrected chi connectivity index (χ0v) is 12.2. The highest BCUT2D eigenvalue weighted by Gasteiger charge is 2.40. The second kappa shape index (κ2) is 5.40. The fourth-order valence-corrected chi connectivity index (χ4v) is 3.06. The predicted molar refractivity (Wildman–Crippen MR) is 82.2 cm³/mol. The van der Waals surface area contributed by atoms with Crippen LogP contribution >= 0.6 is 0 Å². The Labute approximate surface area is 129 Å². The summed E-state index contributed by atoms with van der Waals surface area (Å²) >= 11 is 0. The van der Waals surface area contributed by atoms with E-state index in [9.17, 15) is 0 Å². The molecule has 1 fully saturated rings. The molecule has 0 bridgehead atoms. The first-order valence-electron chi connectivity index (χ1n) is 7.61. The van der Waals surface area contributed by atoms with Crippen LogP contribution in [0.15, 0.2) is 47.8 Å². The number of pyridine rings is 2. The third-order valence-corrected chi connectivity index (χ3v) is 4.20. The van der Waals surface area contributed by atoms with Crippen LogP contribution in [0.25, 0.3) is 0 Å². The van der Waals surface area contributed by atoms with E-state index < -0.39 is 0 Å². The van der Waals surface area contributed by atoms with Crippen LogP contribution in [0.3, 0.4) is 0 Å². The molecule has 1 saturated carbocycles. The van der Waals surface area contributed by atoms with E-state index >= 15 is 0 Å². The van der Waals surface area contributed by atoms with Gasteiger partial charge < -0.3 is 9.47 Å². The number of aliphatic imine (C=N–C) groups is 1. The van der Waals surface area contributed by atoms with Crippen LogP contribution in [0.4, 0.5) is 0 Å². The van der Waals surface area contributed by atoms with Crippen LogP contribution < -0.4 is 4.74 Å². The van der Waals surface area contributed by atoms with E-state index in [1.54, 1.807) is 18.6 Å². The van der Waals surface area contributed by atoms with E-state index in [0.717, 1.165) is 18.4 Å². The summed E-state index contributed by atoms with van der Waals surface area (Å²) in [5.74, 6) is 1.80. The molecule has 112 valence electrons. The smallest absolute Gasteiger partial charge is 0.232 e. The lowest BCUT2D eigenvalue weighted by molar-refractivity contribution is 0.257. The topological polar surface area (TPSA) is 56.6 Å². The lowest BCUT2D eigenvalue weighted by Crippen LogP contribution is -2.22. The van der Waals surface area contributed by atoms with Crippen LogP contribution in [0, 0.1) is 0 Å². The molecule has 1 aliphatic heterocycles. The normalized spacial score (nSPS) is 19.0. The van der Waals surface area contributed by atoms with Crippen molar-refractivity contribution in [2.24, 2.45) is 4.99 Å². The Hall–Kier alpha value is -2.43. The molecule has 0 aromatic carbocycles. The fourth-order valence-electron chi connectivity index (χ4n) is 3.06. The molecule has 1 aliphatic carbocycles. The average molecular weight is 295 g/mol. The summed E-state index contributed by atoms with van der Waals surface area (Å²) in [5, 5.41) is 0. The summed E-state index contributed by atoms with van der Waals surface area (Å²) < 4.78 is 11.7. The summed E-state index contributed by atoms with van der Waals surface area (Å²) in [4.78, 5) is 13.2. The number of hydrogen-bond donors (Lipinski definition) is 0. The van der Waals surface area contributed by atoms with Crippen molar-refractivity contribution in [2.45, 2.75) is 31.2 Å². The number of ether oxygens (including phenoxy) is 2. The molecule has 0 radical (unpaired) electrons. The van der Waals surface area contributed by atoms with Gasteiger partial charge in [-0.15, -0.1) is 0 Å². The van der Waals surface area contributed by atoms with Gasteiger partial charge in [-0.2, -0.15) is 0 Å². The van der Waals surface area contributed by atoms with Crippen LogP contribution in [0.1, 0.15) is 31.2 Å². The third-order valence-electron chi connectivity index (χ3n) is 4.20. The summed E-state index contributed by atoms with van der Waals surface area (Å²) in [7, 11) is 0. The number of aromatic nitrogens is 2. The average Bonchev–Trinajstić information content (AvgIpc) is 3.19. The third kappa shape index (κ3) is 2.43. The minimum Gasteiger partial charge on any atom is -0.475 e. The van der Waals surface area contributed by atoms with Gasteiger partial charge in [0.15, 0.2) is 0 Å². The molecule has 3 heterocycles. The highest BCUT2D eigenvalue weighted by atomic mass is 16.5. The number of hydrogen-bond acceptors (Lipinski definition) is 5. The Kier molecular flexibility index (Phi) is 3.25. The molecule has 0 amide bonds. The van der Waals surface area contributed by atoms with Gasteiger partial charge in [0.2, 0.25) is 11.8 Å². The molecule has 5 nitrogen and oxygen atoms in total. The molecule has 22 heavy (non-hydrogen) atoms. The standard InChI is InChI=1S/C17H17N3O2/c1-2-8-17(7-1)12-21-16(20-17)14-6-4-10-19-15(14)22-13-5-3-9-18-11-13/h3-6,9-11H,1-2,7-8,12H2. The molecule has 0 unspecified atom stereocenters. The maximum atomic E-state index is 5.87. The fraction of sp³-hybridized carbons (Fsp3) is 0.353. The first kappa shape index (κ1) is 13.2. The number of rotatable bonds is 3. The van der Waals surface area contributed by atoms with Gasteiger partial charge in [0.25, 0.3) is 0 Å². The summed E-state index contributed by atoms with van der Waals surface area (Å²) in [6, 6.07) is 7.48. The van der Waals surface area contributed by atoms with E-state index in [1.807, 2.05) is 24.3 Å². The minimum absolute atomic E-state index is 0.0171. The molecule has 5 heteroatoms. The van der Waals surface area contributed by atoms with Gasteiger partial charge in [-0.05, 0) is 37.1 Å². The van der Waals surface area contributed by atoms with Crippen molar-refractivity contribution >= 4 is 5.90 Å². The van der Waals surface area contributed by atoms with Crippen molar-refractivity contribution in [1.82, 2.24) is 9.97 Å². The lowest BCUT2D eigenvalue weighted by atomic mass is 10.0. The quantitative estimate of drug-likeness (QED) is 0.871. The SMILES string of the molecule is c1cncc(Oc2ncccc2C2=NC3(CCCC3)CO2)c1. The van der Waals surface area contributed by atoms with Gasteiger partial charge in [-0.3, -0.25) is 4.98 Å². The van der Waals surface area contributed by atoms with E-state index in [-0.39, 0.29) is 5.54 Å². The molecule has 1 spiro atoms. The Morgan fingerprint density at radius 1 is 1.09 bits per heavy atom. The van der Waals surface area contributed by atoms with Crippen LogP contribution in [-0.2, 0) is 4.74 Å². The second-order valence-corrected chi connectivity index (χ2v) is 5.78. The Morgan fingerprint density at radius 3 is 2.77 bits per heavy atom. The van der Waals surface area contributed by atoms with Crippen molar-refractivity contribution in [3.05, 3.63) is 48.4 Å². The van der Waals surface area contributed by atoms with Crippen LogP contribution in [-0.4, -0.2) is 28.0 Å². The Morgan fingerprint density at radius 2 is 1.95 bits per heavy atom. The van der Waals surface area contributed by atoms with E-state index in [0.29, 0.717) is 24.1 Å². The van der Waals surface area contributed by atoms with E-state index in [2.05, 4.69) is 9.97 Å². The predicted octanol–water partition coefficient (Wildman–Crippen LogP) is 3.36. The molecule has 2 aromatic rings. The van der Waals surface area contributed by atoms with Crippen molar-refractivity contribution in [2.75, 3.05) is 6.61 Å². The van der Waals surface area contributed by atoms with Gasteiger partial charge in [0.1, 0.15) is 12.4 Å². The molecular weight excluding hydrogens is 278 g/mol. The Balaban J connectivity index is 1.65. The Bertz CT molecular complexity index is 694. The molecule has 4 rings (SSSR count). The van der Waals surface area contributed by atoms with Crippen molar-refractivity contribution in [1.29, 1.82) is 0 Å². The highest BCUT2D eigenvalue weighted by Crippen LogP contribution is 2.38. The second-order valence-electron chi connectivity index (χ2n) is 5.78. The minimum atomic E-state index is -0.0171. The highest BCUT2D eigenvalue weighted by molar-refractivity contribution is 5.97. The van der Waals surface area contributed by atoms with Gasteiger partial charge in [0, 0.05) is 12.4 Å². The number of nitrogens with zero attached hydrogens (tertiary/aromatic N) is 3. The molecular formula is C17H17N3O2. The maximum absolute atomic E-state index is 5.87. The summed E-state index contributed by atoms with van der Waals surface area (Å²) in [6.07, 6.45) is 9.74. The summed E-state index contributed by atoms with van der Waals surface area (Å²) in [5.41, 5.74) is 0.784. The van der Waals surface area contributed by atoms with Gasteiger partial charge in [-0.25, -0.2) is 9.98 Å². The lowest BCUT2D eigenvalue weighted by Gasteiger charge is -2.14. The maximum Gasteiger partial charge on any atom is 0.232 e. The monoisotopic (exact) mass is 295 g/mol. The first-order chi connectivity index (χ1) is 10.8. The molecule has 0 atom stereocenters. The van der Waals surface area contributed by atoms with Crippen molar-refractivity contribution in [3.63, 3.8) is 0 Å². The van der Waals surface area contributed by atoms with E-state index in [1.165, 1.54) is 12.8 Å². The molecule has 0 saturated heterocycles. The summed E-state index contributed by atoms with van der Waals surface area (Å²) in [6.45, 7) is 0.670. The zero-order valence-electron chi connectivity index (χ0n) is 12.2.